The van der Waals surface area contributed by atoms with Crippen molar-refractivity contribution in [1.29, 1.82) is 0 Å². The van der Waals surface area contributed by atoms with Gasteiger partial charge in [0.25, 0.3) is 0 Å². The van der Waals surface area contributed by atoms with Gasteiger partial charge in [0, 0.05) is 24.7 Å². The van der Waals surface area contributed by atoms with E-state index in [4.69, 9.17) is 0 Å². The summed E-state index contributed by atoms with van der Waals surface area (Å²) in [5.74, 6) is 0.412. The van der Waals surface area contributed by atoms with Crippen LogP contribution in [0.25, 0.3) is 0 Å². The standard InChI is InChI=1S/C15H20FN3S/c1-11(2)8-17-9-13-10-20-15(18-13)19(3)14-6-4-12(16)5-7-14/h4-7,10-11,17H,8-9H2,1-3H3. The van der Waals surface area contributed by atoms with Crippen molar-refractivity contribution in [2.24, 2.45) is 5.92 Å². The van der Waals surface area contributed by atoms with Crippen molar-refractivity contribution < 1.29 is 4.39 Å². The van der Waals surface area contributed by atoms with E-state index in [1.807, 2.05) is 11.9 Å². The van der Waals surface area contributed by atoms with Crippen LogP contribution in [0, 0.1) is 11.7 Å². The van der Waals surface area contributed by atoms with E-state index in [1.165, 1.54) is 12.1 Å². The van der Waals surface area contributed by atoms with Gasteiger partial charge < -0.3 is 10.2 Å². The number of halogens is 1. The Balaban J connectivity index is 1.99. The fourth-order valence-electron chi connectivity index (χ4n) is 1.80. The monoisotopic (exact) mass is 293 g/mol. The van der Waals surface area contributed by atoms with Gasteiger partial charge in [-0.3, -0.25) is 0 Å². The first kappa shape index (κ1) is 14.9. The molecule has 1 aromatic carbocycles. The lowest BCUT2D eigenvalue weighted by Gasteiger charge is -2.15. The summed E-state index contributed by atoms with van der Waals surface area (Å²) >= 11 is 1.60. The predicted molar refractivity (Wildman–Crippen MR) is 83.1 cm³/mol. The largest absolute Gasteiger partial charge is 0.321 e. The molecule has 1 N–H and O–H groups in total. The molecule has 0 fully saturated rings. The highest BCUT2D eigenvalue weighted by Gasteiger charge is 2.09. The summed E-state index contributed by atoms with van der Waals surface area (Å²) in [6.07, 6.45) is 0. The fraction of sp³-hybridized carbons (Fsp3) is 0.400. The van der Waals surface area contributed by atoms with E-state index in [1.54, 1.807) is 23.5 Å². The maximum absolute atomic E-state index is 12.9. The summed E-state index contributed by atoms with van der Waals surface area (Å²) in [7, 11) is 1.94. The zero-order valence-corrected chi connectivity index (χ0v) is 12.9. The van der Waals surface area contributed by atoms with Crippen LogP contribution in [0.1, 0.15) is 19.5 Å². The average molecular weight is 293 g/mol. The Hall–Kier alpha value is -1.46. The Morgan fingerprint density at radius 2 is 2.00 bits per heavy atom. The number of hydrogen-bond acceptors (Lipinski definition) is 4. The Kier molecular flexibility index (Phi) is 5.09. The van der Waals surface area contributed by atoms with Crippen LogP contribution in [-0.2, 0) is 6.54 Å². The van der Waals surface area contributed by atoms with Gasteiger partial charge in [-0.25, -0.2) is 9.37 Å². The molecule has 0 bridgehead atoms. The van der Waals surface area contributed by atoms with Crippen LogP contribution in [-0.4, -0.2) is 18.6 Å². The lowest BCUT2D eigenvalue weighted by molar-refractivity contribution is 0.549. The maximum atomic E-state index is 12.9. The minimum Gasteiger partial charge on any atom is -0.321 e. The van der Waals surface area contributed by atoms with Gasteiger partial charge >= 0.3 is 0 Å². The van der Waals surface area contributed by atoms with Crippen LogP contribution in [0.2, 0.25) is 0 Å². The summed E-state index contributed by atoms with van der Waals surface area (Å²) in [6.45, 7) is 6.14. The minimum atomic E-state index is -0.222. The lowest BCUT2D eigenvalue weighted by atomic mass is 10.2. The Labute approximate surface area is 123 Å². The molecule has 0 amide bonds. The highest BCUT2D eigenvalue weighted by molar-refractivity contribution is 7.13. The normalized spacial score (nSPS) is 11.1. The van der Waals surface area contributed by atoms with Crippen LogP contribution >= 0.6 is 11.3 Å². The SMILES string of the molecule is CC(C)CNCc1csc(N(C)c2ccc(F)cc2)n1. The number of nitrogens with zero attached hydrogens (tertiary/aromatic N) is 2. The molecule has 0 spiro atoms. The third-order valence-electron chi connectivity index (χ3n) is 2.90. The molecule has 3 nitrogen and oxygen atoms in total. The number of thiazole rings is 1. The Morgan fingerprint density at radius 3 is 2.65 bits per heavy atom. The second-order valence-electron chi connectivity index (χ2n) is 5.18. The molecule has 0 unspecified atom stereocenters. The van der Waals surface area contributed by atoms with E-state index in [0.29, 0.717) is 5.92 Å². The minimum absolute atomic E-state index is 0.222. The van der Waals surface area contributed by atoms with Crippen molar-refractivity contribution in [2.45, 2.75) is 20.4 Å². The van der Waals surface area contributed by atoms with Crippen LogP contribution in [0.3, 0.4) is 0 Å². The van der Waals surface area contributed by atoms with Crippen molar-refractivity contribution in [3.63, 3.8) is 0 Å². The molecule has 0 aliphatic carbocycles. The van der Waals surface area contributed by atoms with Gasteiger partial charge in [-0.2, -0.15) is 0 Å². The molecule has 2 rings (SSSR count). The number of benzene rings is 1. The van der Waals surface area contributed by atoms with Crippen molar-refractivity contribution in [3.05, 3.63) is 41.2 Å². The topological polar surface area (TPSA) is 28.2 Å². The quantitative estimate of drug-likeness (QED) is 0.878. The van der Waals surface area contributed by atoms with Crippen LogP contribution in [0.5, 0.6) is 0 Å². The number of rotatable bonds is 6. The van der Waals surface area contributed by atoms with Crippen molar-refractivity contribution in [3.8, 4) is 0 Å². The zero-order valence-electron chi connectivity index (χ0n) is 12.1. The summed E-state index contributed by atoms with van der Waals surface area (Å²) in [5.41, 5.74) is 1.97. The van der Waals surface area contributed by atoms with Gasteiger partial charge in [0.1, 0.15) is 5.82 Å². The molecule has 0 aliphatic rings. The number of aromatic nitrogens is 1. The molecule has 1 heterocycles. The first-order valence-electron chi connectivity index (χ1n) is 6.70. The fourth-order valence-corrected chi connectivity index (χ4v) is 2.61. The van der Waals surface area contributed by atoms with E-state index in [0.717, 1.165) is 29.6 Å². The average Bonchev–Trinajstić information content (AvgIpc) is 2.87. The molecular formula is C15H20FN3S. The van der Waals surface area contributed by atoms with E-state index < -0.39 is 0 Å². The molecular weight excluding hydrogens is 273 g/mol. The molecule has 0 saturated heterocycles. The molecule has 0 atom stereocenters. The second-order valence-corrected chi connectivity index (χ2v) is 6.02. The van der Waals surface area contributed by atoms with E-state index in [2.05, 4.69) is 29.5 Å². The maximum Gasteiger partial charge on any atom is 0.189 e. The van der Waals surface area contributed by atoms with Crippen molar-refractivity contribution in [2.75, 3.05) is 18.5 Å². The molecule has 0 aliphatic heterocycles. The van der Waals surface area contributed by atoms with Crippen LogP contribution in [0.15, 0.2) is 29.6 Å². The third kappa shape index (κ3) is 4.02. The van der Waals surface area contributed by atoms with Crippen molar-refractivity contribution in [1.82, 2.24) is 10.3 Å². The van der Waals surface area contributed by atoms with Crippen LogP contribution < -0.4 is 10.2 Å². The van der Waals surface area contributed by atoms with Gasteiger partial charge in [-0.15, -0.1) is 11.3 Å². The highest BCUT2D eigenvalue weighted by atomic mass is 32.1. The number of nitrogens with one attached hydrogen (secondary N) is 1. The first-order chi connectivity index (χ1) is 9.56. The molecule has 0 radical (unpaired) electrons. The van der Waals surface area contributed by atoms with Gasteiger partial charge in [-0.1, -0.05) is 13.8 Å². The predicted octanol–water partition coefficient (Wildman–Crippen LogP) is 3.80. The van der Waals surface area contributed by atoms with Gasteiger partial charge in [0.05, 0.1) is 5.69 Å². The second kappa shape index (κ2) is 6.81. The van der Waals surface area contributed by atoms with Crippen LogP contribution in [0.4, 0.5) is 15.2 Å². The lowest BCUT2D eigenvalue weighted by Crippen LogP contribution is -2.19. The van der Waals surface area contributed by atoms with E-state index in [9.17, 15) is 4.39 Å². The summed E-state index contributed by atoms with van der Waals surface area (Å²) < 4.78 is 12.9. The Morgan fingerprint density at radius 1 is 1.30 bits per heavy atom. The molecule has 20 heavy (non-hydrogen) atoms. The molecule has 1 aromatic heterocycles. The van der Waals surface area contributed by atoms with Gasteiger partial charge in [-0.05, 0) is 36.7 Å². The van der Waals surface area contributed by atoms with Crippen molar-refractivity contribution >= 4 is 22.2 Å². The van der Waals surface area contributed by atoms with E-state index >= 15 is 0 Å². The number of anilines is 2. The molecule has 0 saturated carbocycles. The summed E-state index contributed by atoms with van der Waals surface area (Å²) in [5, 5.41) is 6.35. The molecule has 5 heteroatoms. The number of hydrogen-bond donors (Lipinski definition) is 1. The smallest absolute Gasteiger partial charge is 0.189 e. The summed E-state index contributed by atoms with van der Waals surface area (Å²) in [4.78, 5) is 6.56. The van der Waals surface area contributed by atoms with Gasteiger partial charge in [0.15, 0.2) is 5.13 Å². The molecule has 2 aromatic rings. The molecule has 108 valence electrons. The van der Waals surface area contributed by atoms with Gasteiger partial charge in [0.2, 0.25) is 0 Å². The Bertz CT molecular complexity index is 536. The summed E-state index contributed by atoms with van der Waals surface area (Å²) in [6, 6.07) is 6.44. The van der Waals surface area contributed by atoms with E-state index in [-0.39, 0.29) is 5.82 Å². The zero-order chi connectivity index (χ0) is 14.5. The third-order valence-corrected chi connectivity index (χ3v) is 3.87. The highest BCUT2D eigenvalue weighted by Crippen LogP contribution is 2.26. The first-order valence-corrected chi connectivity index (χ1v) is 7.58.